The van der Waals surface area contributed by atoms with Gasteiger partial charge >= 0.3 is 31.5 Å². The van der Waals surface area contributed by atoms with Gasteiger partial charge in [0.2, 0.25) is 0 Å². The van der Waals surface area contributed by atoms with E-state index in [4.69, 9.17) is 9.05 Å². The molecule has 0 spiro atoms. The molecule has 0 rings (SSSR count). The molecule has 0 aromatic carbocycles. The molecule has 0 aromatic rings. The maximum atomic E-state index is 12.9. The van der Waals surface area contributed by atoms with Crippen molar-refractivity contribution in [3.05, 3.63) is 0 Å². The largest absolute Gasteiger partial charge is 0.469 e. The van der Waals surface area contributed by atoms with Crippen molar-refractivity contribution in [3.8, 4) is 0 Å². The summed E-state index contributed by atoms with van der Waals surface area (Å²) >= 11 is 0. The van der Waals surface area contributed by atoms with E-state index in [2.05, 4.69) is 18.9 Å². The molecular formula is C14H23O11P. The van der Waals surface area contributed by atoms with Crippen LogP contribution in [0.1, 0.15) is 6.42 Å². The number of carbonyl (C=O) groups excluding carboxylic acids is 4. The van der Waals surface area contributed by atoms with Crippen molar-refractivity contribution in [1.29, 1.82) is 0 Å². The fraction of sp³-hybridized carbons (Fsp3) is 0.714. The first-order chi connectivity index (χ1) is 12.2. The number of methoxy groups -OCH3 is 4. The summed E-state index contributed by atoms with van der Waals surface area (Å²) in [5.41, 5.74) is -1.89. The lowest BCUT2D eigenvalue weighted by Gasteiger charge is -2.31. The number of rotatable bonds is 10. The van der Waals surface area contributed by atoms with Crippen LogP contribution in [0.3, 0.4) is 0 Å². The number of carbonyl (C=O) groups is 4. The molecule has 12 heteroatoms. The Labute approximate surface area is 150 Å². The van der Waals surface area contributed by atoms with E-state index in [1.807, 2.05) is 0 Å². The van der Waals surface area contributed by atoms with Gasteiger partial charge in [-0.05, 0) is 0 Å². The number of hydrogen-bond donors (Lipinski definition) is 0. The van der Waals surface area contributed by atoms with Gasteiger partial charge in [-0.15, -0.1) is 0 Å². The maximum Gasteiger partial charge on any atom is 0.345 e. The molecule has 0 aliphatic heterocycles. The monoisotopic (exact) mass is 398 g/mol. The highest BCUT2D eigenvalue weighted by atomic mass is 31.2. The third-order valence-corrected chi connectivity index (χ3v) is 5.89. The standard InChI is InChI=1S/C14H23O11P/c1-20-9(15)7-8(12(16)21-2)10(13(17)22-3)11(14(18)23-4)26(19,24-5)25-6/h8,10-11H,7H2,1-6H3. The molecule has 26 heavy (non-hydrogen) atoms. The molecule has 0 saturated heterocycles. The van der Waals surface area contributed by atoms with Gasteiger partial charge in [0.15, 0.2) is 5.66 Å². The third kappa shape index (κ3) is 5.52. The molecule has 0 fully saturated rings. The van der Waals surface area contributed by atoms with Gasteiger partial charge in [-0.3, -0.25) is 23.7 Å². The van der Waals surface area contributed by atoms with Gasteiger partial charge in [-0.2, -0.15) is 0 Å². The zero-order valence-electron chi connectivity index (χ0n) is 15.4. The molecule has 0 bridgehead atoms. The molecule has 0 heterocycles. The zero-order chi connectivity index (χ0) is 20.5. The average Bonchev–Trinajstić information content (AvgIpc) is 2.67. The van der Waals surface area contributed by atoms with E-state index in [1.54, 1.807) is 0 Å². The van der Waals surface area contributed by atoms with Gasteiger partial charge < -0.3 is 28.0 Å². The van der Waals surface area contributed by atoms with Crippen LogP contribution < -0.4 is 0 Å². The lowest BCUT2D eigenvalue weighted by Crippen LogP contribution is -2.45. The average molecular weight is 398 g/mol. The van der Waals surface area contributed by atoms with Crippen LogP contribution in [0, 0.1) is 11.8 Å². The second-order valence-electron chi connectivity index (χ2n) is 4.83. The number of ether oxygens (including phenoxy) is 4. The van der Waals surface area contributed by atoms with Gasteiger partial charge in [-0.1, -0.05) is 0 Å². The predicted molar refractivity (Wildman–Crippen MR) is 85.1 cm³/mol. The van der Waals surface area contributed by atoms with Crippen LogP contribution in [0.5, 0.6) is 0 Å². The van der Waals surface area contributed by atoms with Crippen LogP contribution in [0.25, 0.3) is 0 Å². The Bertz CT molecular complexity index is 565. The normalized spacial score (nSPS) is 14.5. The number of esters is 4. The minimum absolute atomic E-state index is 0.649. The molecular weight excluding hydrogens is 375 g/mol. The van der Waals surface area contributed by atoms with Gasteiger partial charge in [0.05, 0.1) is 46.7 Å². The predicted octanol–water partition coefficient (Wildman–Crippen LogP) is 0.155. The van der Waals surface area contributed by atoms with E-state index in [-0.39, 0.29) is 0 Å². The van der Waals surface area contributed by atoms with Gasteiger partial charge in [-0.25, -0.2) is 0 Å². The molecule has 3 atom stereocenters. The van der Waals surface area contributed by atoms with Crippen LogP contribution in [-0.2, 0) is 51.7 Å². The van der Waals surface area contributed by atoms with Gasteiger partial charge in [0.1, 0.15) is 0 Å². The first kappa shape index (κ1) is 24.0. The number of hydrogen-bond acceptors (Lipinski definition) is 11. The van der Waals surface area contributed by atoms with E-state index in [0.29, 0.717) is 0 Å². The second-order valence-corrected chi connectivity index (χ2v) is 7.20. The Hall–Kier alpha value is -1.97. The lowest BCUT2D eigenvalue weighted by molar-refractivity contribution is -0.164. The Morgan fingerprint density at radius 2 is 1.19 bits per heavy atom. The van der Waals surface area contributed by atoms with Crippen molar-refractivity contribution in [1.82, 2.24) is 0 Å². The van der Waals surface area contributed by atoms with Crippen LogP contribution in [0.2, 0.25) is 0 Å². The van der Waals surface area contributed by atoms with Crippen LogP contribution in [-0.4, -0.2) is 72.2 Å². The fourth-order valence-corrected chi connectivity index (χ4v) is 4.01. The Balaban J connectivity index is 6.46. The molecule has 150 valence electrons. The summed E-state index contributed by atoms with van der Waals surface area (Å²) in [7, 11) is 1.74. The van der Waals surface area contributed by atoms with Crippen molar-refractivity contribution in [2.45, 2.75) is 12.1 Å². The quantitative estimate of drug-likeness (QED) is 0.282. The minimum Gasteiger partial charge on any atom is -0.469 e. The van der Waals surface area contributed by atoms with Crippen LogP contribution in [0.15, 0.2) is 0 Å². The van der Waals surface area contributed by atoms with E-state index < -0.39 is 55.4 Å². The van der Waals surface area contributed by atoms with E-state index in [0.717, 1.165) is 42.7 Å². The summed E-state index contributed by atoms with van der Waals surface area (Å²) in [6.45, 7) is 0. The minimum atomic E-state index is -4.28. The maximum absolute atomic E-state index is 12.9. The van der Waals surface area contributed by atoms with Crippen molar-refractivity contribution in [3.63, 3.8) is 0 Å². The van der Waals surface area contributed by atoms with Gasteiger partial charge in [0, 0.05) is 14.2 Å². The Morgan fingerprint density at radius 1 is 0.731 bits per heavy atom. The summed E-state index contributed by atoms with van der Waals surface area (Å²) in [5.74, 6) is -7.51. The molecule has 0 aliphatic carbocycles. The van der Waals surface area contributed by atoms with Crippen molar-refractivity contribution >= 4 is 31.5 Å². The Morgan fingerprint density at radius 3 is 1.54 bits per heavy atom. The van der Waals surface area contributed by atoms with E-state index in [1.165, 1.54) is 0 Å². The first-order valence-electron chi connectivity index (χ1n) is 7.18. The summed E-state index contributed by atoms with van der Waals surface area (Å²) in [6.07, 6.45) is -0.649. The zero-order valence-corrected chi connectivity index (χ0v) is 16.3. The third-order valence-electron chi connectivity index (χ3n) is 3.66. The van der Waals surface area contributed by atoms with Crippen LogP contribution in [0.4, 0.5) is 0 Å². The highest BCUT2D eigenvalue weighted by Gasteiger charge is 2.55. The highest BCUT2D eigenvalue weighted by molar-refractivity contribution is 7.55. The SMILES string of the molecule is COC(=O)CC(C(=O)OC)C(C(=O)OC)C(C(=O)OC)P(=O)(OC)OC. The second kappa shape index (κ2) is 10.9. The summed E-state index contributed by atoms with van der Waals surface area (Å²) in [6, 6.07) is 0. The molecule has 0 aliphatic rings. The van der Waals surface area contributed by atoms with Crippen molar-refractivity contribution in [2.24, 2.45) is 11.8 Å². The molecule has 0 radical (unpaired) electrons. The van der Waals surface area contributed by atoms with E-state index >= 15 is 0 Å². The molecule has 0 aromatic heterocycles. The van der Waals surface area contributed by atoms with Crippen molar-refractivity contribution < 1.29 is 51.7 Å². The fourth-order valence-electron chi connectivity index (χ4n) is 2.32. The highest BCUT2D eigenvalue weighted by Crippen LogP contribution is 2.56. The first-order valence-corrected chi connectivity index (χ1v) is 8.79. The Kier molecular flexibility index (Phi) is 10.1. The van der Waals surface area contributed by atoms with Gasteiger partial charge in [0.25, 0.3) is 0 Å². The van der Waals surface area contributed by atoms with Crippen LogP contribution >= 0.6 is 7.60 Å². The molecule has 11 nitrogen and oxygen atoms in total. The summed E-state index contributed by atoms with van der Waals surface area (Å²) < 4.78 is 40.8. The lowest BCUT2D eigenvalue weighted by atomic mass is 9.86. The smallest absolute Gasteiger partial charge is 0.345 e. The summed E-state index contributed by atoms with van der Waals surface area (Å²) in [4.78, 5) is 48.5. The topological polar surface area (TPSA) is 141 Å². The van der Waals surface area contributed by atoms with Crippen molar-refractivity contribution in [2.75, 3.05) is 42.7 Å². The molecule has 3 unspecified atom stereocenters. The summed E-state index contributed by atoms with van der Waals surface area (Å²) in [5, 5.41) is 0. The van der Waals surface area contributed by atoms with E-state index in [9.17, 15) is 23.7 Å². The molecule has 0 saturated carbocycles. The molecule has 0 N–H and O–H groups in total. The molecule has 0 amide bonds.